The van der Waals surface area contributed by atoms with Crippen LogP contribution in [-0.4, -0.2) is 37.1 Å². The molecular formula is C16H24N2. The Morgan fingerprint density at radius 2 is 1.72 bits per heavy atom. The number of piperidine rings is 1. The Kier molecular flexibility index (Phi) is 3.55. The molecule has 0 spiro atoms. The second kappa shape index (κ2) is 5.31. The smallest absolute Gasteiger partial charge is 0.0366 e. The molecule has 2 saturated heterocycles. The largest absolute Gasteiger partial charge is 0.370 e. The Hall–Kier alpha value is -1.02. The van der Waals surface area contributed by atoms with Gasteiger partial charge in [-0.05, 0) is 44.9 Å². The molecule has 3 rings (SSSR count). The summed E-state index contributed by atoms with van der Waals surface area (Å²) in [5, 5.41) is 0. The summed E-state index contributed by atoms with van der Waals surface area (Å²) in [6.45, 7) is 7.23. The van der Waals surface area contributed by atoms with Crippen molar-refractivity contribution in [2.24, 2.45) is 0 Å². The SMILES string of the molecule is Cc1ccc(N2CCCN3CCCCC3C2)cc1. The fraction of sp³-hybridized carbons (Fsp3) is 0.625. The highest BCUT2D eigenvalue weighted by molar-refractivity contribution is 5.47. The molecule has 0 saturated carbocycles. The van der Waals surface area contributed by atoms with E-state index >= 15 is 0 Å². The van der Waals surface area contributed by atoms with Crippen LogP contribution in [0.4, 0.5) is 5.69 Å². The van der Waals surface area contributed by atoms with E-state index in [4.69, 9.17) is 0 Å². The second-order valence-electron chi connectivity index (χ2n) is 5.82. The molecule has 18 heavy (non-hydrogen) atoms. The molecule has 0 radical (unpaired) electrons. The maximum atomic E-state index is 2.72. The number of anilines is 1. The molecule has 2 heterocycles. The highest BCUT2D eigenvalue weighted by Gasteiger charge is 2.26. The molecule has 0 aliphatic carbocycles. The highest BCUT2D eigenvalue weighted by atomic mass is 15.2. The lowest BCUT2D eigenvalue weighted by molar-refractivity contribution is 0.162. The normalized spacial score (nSPS) is 25.6. The average Bonchev–Trinajstić information content (AvgIpc) is 2.61. The molecule has 2 aliphatic heterocycles. The average molecular weight is 244 g/mol. The maximum absolute atomic E-state index is 2.72. The zero-order valence-corrected chi connectivity index (χ0v) is 11.4. The third-order valence-corrected chi connectivity index (χ3v) is 4.45. The van der Waals surface area contributed by atoms with Gasteiger partial charge in [-0.1, -0.05) is 24.1 Å². The van der Waals surface area contributed by atoms with Crippen molar-refractivity contribution in [2.45, 2.75) is 38.6 Å². The lowest BCUT2D eigenvalue weighted by atomic mass is 10.0. The molecule has 98 valence electrons. The fourth-order valence-electron chi connectivity index (χ4n) is 3.36. The molecule has 2 nitrogen and oxygen atoms in total. The van der Waals surface area contributed by atoms with Crippen molar-refractivity contribution in [3.63, 3.8) is 0 Å². The Labute approximate surface area is 111 Å². The minimum atomic E-state index is 0.794. The van der Waals surface area contributed by atoms with Gasteiger partial charge in [0.25, 0.3) is 0 Å². The van der Waals surface area contributed by atoms with Crippen LogP contribution in [-0.2, 0) is 0 Å². The number of aryl methyl sites for hydroxylation is 1. The van der Waals surface area contributed by atoms with Gasteiger partial charge in [-0.25, -0.2) is 0 Å². The van der Waals surface area contributed by atoms with E-state index in [1.807, 2.05) is 0 Å². The van der Waals surface area contributed by atoms with E-state index in [2.05, 4.69) is 41.0 Å². The molecule has 2 aliphatic rings. The molecule has 0 aromatic heterocycles. The second-order valence-corrected chi connectivity index (χ2v) is 5.82. The molecule has 1 unspecified atom stereocenters. The van der Waals surface area contributed by atoms with Gasteiger partial charge in [0.15, 0.2) is 0 Å². The van der Waals surface area contributed by atoms with Crippen LogP contribution in [0.1, 0.15) is 31.2 Å². The molecule has 0 N–H and O–H groups in total. The summed E-state index contributed by atoms with van der Waals surface area (Å²) >= 11 is 0. The number of nitrogens with zero attached hydrogens (tertiary/aromatic N) is 2. The third kappa shape index (κ3) is 2.54. The monoisotopic (exact) mass is 244 g/mol. The predicted octanol–water partition coefficient (Wildman–Crippen LogP) is 3.06. The minimum absolute atomic E-state index is 0.794. The molecule has 1 atom stereocenters. The van der Waals surface area contributed by atoms with Gasteiger partial charge in [0.05, 0.1) is 0 Å². The van der Waals surface area contributed by atoms with Crippen LogP contribution in [0.15, 0.2) is 24.3 Å². The van der Waals surface area contributed by atoms with E-state index in [1.165, 1.54) is 63.1 Å². The third-order valence-electron chi connectivity index (χ3n) is 4.45. The van der Waals surface area contributed by atoms with Gasteiger partial charge in [0.2, 0.25) is 0 Å². The Morgan fingerprint density at radius 3 is 2.56 bits per heavy atom. The first-order chi connectivity index (χ1) is 8.83. The lowest BCUT2D eigenvalue weighted by Crippen LogP contribution is -2.44. The minimum Gasteiger partial charge on any atom is -0.370 e. The summed E-state index contributed by atoms with van der Waals surface area (Å²) in [6.07, 6.45) is 5.52. The zero-order chi connectivity index (χ0) is 12.4. The van der Waals surface area contributed by atoms with Crippen LogP contribution < -0.4 is 4.90 Å². The van der Waals surface area contributed by atoms with E-state index in [0.717, 1.165) is 6.04 Å². The molecule has 2 heteroatoms. The predicted molar refractivity (Wildman–Crippen MR) is 77.2 cm³/mol. The van der Waals surface area contributed by atoms with Gasteiger partial charge in [-0.2, -0.15) is 0 Å². The Morgan fingerprint density at radius 1 is 0.944 bits per heavy atom. The summed E-state index contributed by atoms with van der Waals surface area (Å²) in [5.41, 5.74) is 2.76. The lowest BCUT2D eigenvalue weighted by Gasteiger charge is -2.35. The molecule has 1 aromatic rings. The standard InChI is InChI=1S/C16H24N2/c1-14-6-8-15(9-7-14)18-12-4-11-17-10-3-2-5-16(17)13-18/h6-9,16H,2-5,10-13H2,1H3. The first-order valence-electron chi connectivity index (χ1n) is 7.38. The zero-order valence-electron chi connectivity index (χ0n) is 11.4. The first kappa shape index (κ1) is 12.0. The van der Waals surface area contributed by atoms with Crippen molar-refractivity contribution >= 4 is 5.69 Å². The summed E-state index contributed by atoms with van der Waals surface area (Å²) < 4.78 is 0. The van der Waals surface area contributed by atoms with Gasteiger partial charge >= 0.3 is 0 Å². The molecule has 0 bridgehead atoms. The number of hydrogen-bond acceptors (Lipinski definition) is 2. The quantitative estimate of drug-likeness (QED) is 0.749. The van der Waals surface area contributed by atoms with Crippen LogP contribution in [0.25, 0.3) is 0 Å². The van der Waals surface area contributed by atoms with E-state index in [1.54, 1.807) is 0 Å². The van der Waals surface area contributed by atoms with Crippen molar-refractivity contribution in [1.82, 2.24) is 4.90 Å². The van der Waals surface area contributed by atoms with Gasteiger partial charge in [-0.15, -0.1) is 0 Å². The number of hydrogen-bond donors (Lipinski definition) is 0. The van der Waals surface area contributed by atoms with Gasteiger partial charge in [-0.3, -0.25) is 4.90 Å². The first-order valence-corrected chi connectivity index (χ1v) is 7.38. The van der Waals surface area contributed by atoms with Gasteiger partial charge in [0.1, 0.15) is 0 Å². The molecule has 0 amide bonds. The fourth-order valence-corrected chi connectivity index (χ4v) is 3.36. The van der Waals surface area contributed by atoms with Gasteiger partial charge in [0, 0.05) is 31.4 Å². The van der Waals surface area contributed by atoms with Crippen LogP contribution >= 0.6 is 0 Å². The van der Waals surface area contributed by atoms with E-state index in [9.17, 15) is 0 Å². The topological polar surface area (TPSA) is 6.48 Å². The molecule has 2 fully saturated rings. The maximum Gasteiger partial charge on any atom is 0.0366 e. The molecular weight excluding hydrogens is 220 g/mol. The summed E-state index contributed by atoms with van der Waals surface area (Å²) in [5.74, 6) is 0. The van der Waals surface area contributed by atoms with E-state index in [0.29, 0.717) is 0 Å². The van der Waals surface area contributed by atoms with Crippen molar-refractivity contribution in [3.05, 3.63) is 29.8 Å². The van der Waals surface area contributed by atoms with Crippen LogP contribution in [0.3, 0.4) is 0 Å². The number of benzene rings is 1. The summed E-state index contributed by atoms with van der Waals surface area (Å²) in [4.78, 5) is 5.31. The summed E-state index contributed by atoms with van der Waals surface area (Å²) in [6, 6.07) is 9.84. The van der Waals surface area contributed by atoms with Crippen molar-refractivity contribution < 1.29 is 0 Å². The van der Waals surface area contributed by atoms with Crippen molar-refractivity contribution in [2.75, 3.05) is 31.1 Å². The highest BCUT2D eigenvalue weighted by Crippen LogP contribution is 2.24. The van der Waals surface area contributed by atoms with Crippen LogP contribution in [0.2, 0.25) is 0 Å². The Balaban J connectivity index is 1.74. The molecule has 1 aromatic carbocycles. The van der Waals surface area contributed by atoms with E-state index in [-0.39, 0.29) is 0 Å². The summed E-state index contributed by atoms with van der Waals surface area (Å²) in [7, 11) is 0. The van der Waals surface area contributed by atoms with Crippen LogP contribution in [0, 0.1) is 6.92 Å². The van der Waals surface area contributed by atoms with Crippen LogP contribution in [0.5, 0.6) is 0 Å². The van der Waals surface area contributed by atoms with Gasteiger partial charge < -0.3 is 4.90 Å². The van der Waals surface area contributed by atoms with Crippen molar-refractivity contribution in [3.8, 4) is 0 Å². The number of rotatable bonds is 1. The van der Waals surface area contributed by atoms with E-state index < -0.39 is 0 Å². The van der Waals surface area contributed by atoms with Crippen molar-refractivity contribution in [1.29, 1.82) is 0 Å². The number of fused-ring (bicyclic) bond motifs is 1. The Bertz CT molecular complexity index is 385.